The molecule has 0 aliphatic rings. The maximum Gasteiger partial charge on any atom is 0.224 e. The molecule has 0 spiro atoms. The van der Waals surface area contributed by atoms with Crippen molar-refractivity contribution in [3.8, 4) is 5.69 Å². The van der Waals surface area contributed by atoms with Crippen molar-refractivity contribution in [2.24, 2.45) is 0 Å². The molecule has 140 valence electrons. The van der Waals surface area contributed by atoms with Gasteiger partial charge in [0, 0.05) is 26.4 Å². The van der Waals surface area contributed by atoms with Crippen LogP contribution in [0.1, 0.15) is 22.5 Å². The summed E-state index contributed by atoms with van der Waals surface area (Å²) < 4.78 is 16.1. The molecule has 0 aliphatic heterocycles. The van der Waals surface area contributed by atoms with Gasteiger partial charge in [-0.3, -0.25) is 4.79 Å². The molecule has 0 saturated carbocycles. The maximum atomic E-state index is 13.1. The minimum atomic E-state index is -0.399. The second-order valence-electron chi connectivity index (χ2n) is 6.23. The second kappa shape index (κ2) is 8.39. The van der Waals surface area contributed by atoms with Crippen molar-refractivity contribution in [1.82, 2.24) is 15.1 Å². The summed E-state index contributed by atoms with van der Waals surface area (Å²) in [6.45, 7) is 4.11. The molecular formula is C20H18ClFIN3O. The Morgan fingerprint density at radius 1 is 1.22 bits per heavy atom. The van der Waals surface area contributed by atoms with E-state index in [1.807, 2.05) is 42.8 Å². The molecule has 0 saturated heterocycles. The van der Waals surface area contributed by atoms with Gasteiger partial charge in [-0.2, -0.15) is 5.10 Å². The molecule has 0 radical (unpaired) electrons. The van der Waals surface area contributed by atoms with Crippen LogP contribution in [-0.4, -0.2) is 15.7 Å². The molecule has 27 heavy (non-hydrogen) atoms. The smallest absolute Gasteiger partial charge is 0.224 e. The molecule has 0 bridgehead atoms. The molecular weight excluding hydrogens is 480 g/mol. The first-order chi connectivity index (χ1) is 12.8. The van der Waals surface area contributed by atoms with Crippen molar-refractivity contribution in [2.45, 2.75) is 26.8 Å². The van der Waals surface area contributed by atoms with Crippen LogP contribution >= 0.6 is 34.2 Å². The predicted molar refractivity (Wildman–Crippen MR) is 113 cm³/mol. The first kappa shape index (κ1) is 19.8. The number of aryl methyl sites for hydroxylation is 1. The summed E-state index contributed by atoms with van der Waals surface area (Å²) in [6, 6.07) is 12.2. The Bertz CT molecular complexity index is 986. The minimum Gasteiger partial charge on any atom is -0.352 e. The number of amides is 1. The van der Waals surface area contributed by atoms with E-state index in [4.69, 9.17) is 11.6 Å². The van der Waals surface area contributed by atoms with E-state index in [9.17, 15) is 9.18 Å². The average Bonchev–Trinajstić information content (AvgIpc) is 2.90. The third kappa shape index (κ3) is 4.68. The van der Waals surface area contributed by atoms with E-state index in [1.165, 1.54) is 12.1 Å². The molecule has 1 N–H and O–H groups in total. The monoisotopic (exact) mass is 497 g/mol. The lowest BCUT2D eigenvalue weighted by Crippen LogP contribution is -2.25. The van der Waals surface area contributed by atoms with Gasteiger partial charge in [-0.15, -0.1) is 0 Å². The summed E-state index contributed by atoms with van der Waals surface area (Å²) in [7, 11) is 0. The Labute approximate surface area is 175 Å². The Morgan fingerprint density at radius 3 is 2.59 bits per heavy atom. The Balaban J connectivity index is 1.71. The average molecular weight is 498 g/mol. The van der Waals surface area contributed by atoms with Crippen LogP contribution < -0.4 is 5.32 Å². The van der Waals surface area contributed by atoms with Gasteiger partial charge in [-0.05, 0) is 78.4 Å². The predicted octanol–water partition coefficient (Wildman–Crippen LogP) is 4.75. The molecule has 4 nitrogen and oxygen atoms in total. The number of carbonyl (C=O) groups is 1. The van der Waals surface area contributed by atoms with Crippen LogP contribution in [0.5, 0.6) is 0 Å². The largest absolute Gasteiger partial charge is 0.352 e. The summed E-state index contributed by atoms with van der Waals surface area (Å²) in [5.41, 5.74) is 4.29. The lowest BCUT2D eigenvalue weighted by molar-refractivity contribution is -0.120. The van der Waals surface area contributed by atoms with E-state index in [-0.39, 0.29) is 18.9 Å². The first-order valence-electron chi connectivity index (χ1n) is 8.37. The van der Waals surface area contributed by atoms with E-state index in [2.05, 4.69) is 33.0 Å². The highest BCUT2D eigenvalue weighted by atomic mass is 127. The van der Waals surface area contributed by atoms with Gasteiger partial charge in [0.05, 0.1) is 17.8 Å². The van der Waals surface area contributed by atoms with Gasteiger partial charge in [0.15, 0.2) is 0 Å². The molecule has 1 heterocycles. The number of rotatable bonds is 5. The van der Waals surface area contributed by atoms with Gasteiger partial charge in [0.2, 0.25) is 5.91 Å². The van der Waals surface area contributed by atoms with Crippen molar-refractivity contribution in [2.75, 3.05) is 0 Å². The number of nitrogens with one attached hydrogen (secondary N) is 1. The highest BCUT2D eigenvalue weighted by Gasteiger charge is 2.16. The second-order valence-corrected chi connectivity index (χ2v) is 7.88. The molecule has 1 amide bonds. The van der Waals surface area contributed by atoms with Crippen molar-refractivity contribution in [3.63, 3.8) is 0 Å². The standard InChI is InChI=1S/C20H18ClFIN3O/c1-12-18(13(2)26(25-12)17-7-5-16(23)6-8-17)10-20(27)24-11-14-3-4-15(22)9-19(14)21/h3-9H,10-11H2,1-2H3,(H,24,27). The zero-order chi connectivity index (χ0) is 19.6. The number of benzene rings is 2. The van der Waals surface area contributed by atoms with E-state index in [1.54, 1.807) is 6.07 Å². The van der Waals surface area contributed by atoms with Crippen molar-refractivity contribution < 1.29 is 9.18 Å². The van der Waals surface area contributed by atoms with Crippen LogP contribution in [0.15, 0.2) is 42.5 Å². The summed E-state index contributed by atoms with van der Waals surface area (Å²) in [6.07, 6.45) is 0.223. The third-order valence-electron chi connectivity index (χ3n) is 4.34. The topological polar surface area (TPSA) is 46.9 Å². The molecule has 7 heteroatoms. The van der Waals surface area contributed by atoms with Crippen LogP contribution in [0.2, 0.25) is 5.02 Å². The SMILES string of the molecule is Cc1nn(-c2ccc(I)cc2)c(C)c1CC(=O)NCc1ccc(F)cc1Cl. The lowest BCUT2D eigenvalue weighted by atomic mass is 10.1. The van der Waals surface area contributed by atoms with Gasteiger partial charge in [-0.1, -0.05) is 17.7 Å². The fourth-order valence-corrected chi connectivity index (χ4v) is 3.44. The third-order valence-corrected chi connectivity index (χ3v) is 5.41. The van der Waals surface area contributed by atoms with E-state index in [0.29, 0.717) is 10.6 Å². The van der Waals surface area contributed by atoms with Gasteiger partial charge >= 0.3 is 0 Å². The van der Waals surface area contributed by atoms with E-state index < -0.39 is 5.82 Å². The number of aromatic nitrogens is 2. The van der Waals surface area contributed by atoms with E-state index in [0.717, 1.165) is 26.2 Å². The summed E-state index contributed by atoms with van der Waals surface area (Å²) in [5.74, 6) is -0.534. The van der Waals surface area contributed by atoms with Gasteiger partial charge in [0.1, 0.15) is 5.82 Å². The molecule has 0 unspecified atom stereocenters. The van der Waals surface area contributed by atoms with Crippen LogP contribution in [-0.2, 0) is 17.8 Å². The molecule has 3 rings (SSSR count). The Hall–Kier alpha value is -1.93. The van der Waals surface area contributed by atoms with Crippen LogP contribution in [0.3, 0.4) is 0 Å². The fraction of sp³-hybridized carbons (Fsp3) is 0.200. The molecule has 1 aromatic heterocycles. The summed E-state index contributed by atoms with van der Waals surface area (Å²) in [5, 5.41) is 7.71. The molecule has 0 aliphatic carbocycles. The number of halogens is 3. The fourth-order valence-electron chi connectivity index (χ4n) is 2.85. The quantitative estimate of drug-likeness (QED) is 0.518. The molecule has 2 aromatic carbocycles. The first-order valence-corrected chi connectivity index (χ1v) is 9.82. The number of nitrogens with zero attached hydrogens (tertiary/aromatic N) is 2. The van der Waals surface area contributed by atoms with Gasteiger partial charge in [-0.25, -0.2) is 9.07 Å². The molecule has 0 atom stereocenters. The number of hydrogen-bond acceptors (Lipinski definition) is 2. The van der Waals surface area contributed by atoms with E-state index >= 15 is 0 Å². The minimum absolute atomic E-state index is 0.135. The maximum absolute atomic E-state index is 13.1. The normalized spacial score (nSPS) is 10.9. The van der Waals surface area contributed by atoms with Crippen molar-refractivity contribution in [1.29, 1.82) is 0 Å². The van der Waals surface area contributed by atoms with Crippen molar-refractivity contribution in [3.05, 3.63) is 79.4 Å². The van der Waals surface area contributed by atoms with Gasteiger partial charge < -0.3 is 5.32 Å². The summed E-state index contributed by atoms with van der Waals surface area (Å²) >= 11 is 8.26. The zero-order valence-electron chi connectivity index (χ0n) is 14.9. The number of hydrogen-bond donors (Lipinski definition) is 1. The number of carbonyl (C=O) groups excluding carboxylic acids is 1. The molecule has 3 aromatic rings. The van der Waals surface area contributed by atoms with Crippen LogP contribution in [0, 0.1) is 23.2 Å². The van der Waals surface area contributed by atoms with Crippen LogP contribution in [0.25, 0.3) is 5.69 Å². The Morgan fingerprint density at radius 2 is 1.93 bits per heavy atom. The van der Waals surface area contributed by atoms with Crippen LogP contribution in [0.4, 0.5) is 4.39 Å². The Kier molecular flexibility index (Phi) is 6.16. The molecule has 0 fully saturated rings. The highest BCUT2D eigenvalue weighted by molar-refractivity contribution is 14.1. The van der Waals surface area contributed by atoms with Gasteiger partial charge in [0.25, 0.3) is 0 Å². The lowest BCUT2D eigenvalue weighted by Gasteiger charge is -2.08. The summed E-state index contributed by atoms with van der Waals surface area (Å²) in [4.78, 5) is 12.4. The highest BCUT2D eigenvalue weighted by Crippen LogP contribution is 2.20. The van der Waals surface area contributed by atoms with Crippen molar-refractivity contribution >= 4 is 40.1 Å². The zero-order valence-corrected chi connectivity index (χ0v) is 17.8.